The topological polar surface area (TPSA) is 12.0 Å². The molecule has 108 valence electrons. The minimum atomic E-state index is -0.153. The molecule has 0 aliphatic carbocycles. The van der Waals surface area contributed by atoms with Crippen LogP contribution in [0.3, 0.4) is 0 Å². The van der Waals surface area contributed by atoms with Gasteiger partial charge in [0, 0.05) is 0 Å². The number of unbranched alkanes of at least 4 members (excludes halogenated alkanes) is 6. The minimum absolute atomic E-state index is 0.153. The van der Waals surface area contributed by atoms with Gasteiger partial charge < -0.3 is 5.32 Å². The first-order valence-electron chi connectivity index (χ1n) is 7.78. The lowest BCUT2D eigenvalue weighted by Gasteiger charge is -2.05. The molecule has 0 spiro atoms. The number of hydrogen-bond acceptors (Lipinski definition) is 1. The van der Waals surface area contributed by atoms with Crippen LogP contribution < -0.4 is 5.32 Å². The molecule has 1 rings (SSSR count). The highest BCUT2D eigenvalue weighted by Crippen LogP contribution is 2.06. The zero-order valence-corrected chi connectivity index (χ0v) is 12.3. The summed E-state index contributed by atoms with van der Waals surface area (Å²) in [6.07, 6.45) is 10.5. The van der Waals surface area contributed by atoms with E-state index in [2.05, 4.69) is 12.2 Å². The second-order valence-electron chi connectivity index (χ2n) is 5.25. The molecule has 0 heterocycles. The molecule has 0 fully saturated rings. The third-order valence-electron chi connectivity index (χ3n) is 3.46. The highest BCUT2D eigenvalue weighted by molar-refractivity contribution is 5.16. The van der Waals surface area contributed by atoms with Crippen LogP contribution in [0.25, 0.3) is 0 Å². The largest absolute Gasteiger partial charge is 0.316 e. The number of rotatable bonds is 11. The molecule has 0 radical (unpaired) electrons. The van der Waals surface area contributed by atoms with E-state index in [1.165, 1.54) is 62.6 Å². The Hall–Kier alpha value is -0.890. The van der Waals surface area contributed by atoms with Crippen molar-refractivity contribution in [3.63, 3.8) is 0 Å². The predicted molar refractivity (Wildman–Crippen MR) is 81.0 cm³/mol. The van der Waals surface area contributed by atoms with Gasteiger partial charge in [0.2, 0.25) is 0 Å². The van der Waals surface area contributed by atoms with Crippen molar-refractivity contribution in [1.29, 1.82) is 0 Å². The van der Waals surface area contributed by atoms with E-state index >= 15 is 0 Å². The lowest BCUT2D eigenvalue weighted by atomic mass is 10.1. The first kappa shape index (κ1) is 16.2. The van der Waals surface area contributed by atoms with Crippen molar-refractivity contribution >= 4 is 0 Å². The molecule has 0 aliphatic heterocycles. The van der Waals surface area contributed by atoms with Gasteiger partial charge in [0.15, 0.2) is 0 Å². The van der Waals surface area contributed by atoms with E-state index in [4.69, 9.17) is 0 Å². The normalized spacial score (nSPS) is 10.8. The first-order valence-corrected chi connectivity index (χ1v) is 7.78. The van der Waals surface area contributed by atoms with Gasteiger partial charge in [-0.15, -0.1) is 0 Å². The van der Waals surface area contributed by atoms with Crippen molar-refractivity contribution in [3.05, 3.63) is 35.6 Å². The maximum atomic E-state index is 12.7. The molecule has 0 aromatic heterocycles. The van der Waals surface area contributed by atoms with Crippen LogP contribution in [0.15, 0.2) is 24.3 Å². The number of nitrogens with one attached hydrogen (secondary N) is 1. The average molecular weight is 265 g/mol. The van der Waals surface area contributed by atoms with Gasteiger partial charge in [0.05, 0.1) is 0 Å². The molecular weight excluding hydrogens is 237 g/mol. The molecule has 0 saturated carbocycles. The van der Waals surface area contributed by atoms with Gasteiger partial charge in [-0.3, -0.25) is 0 Å². The lowest BCUT2D eigenvalue weighted by molar-refractivity contribution is 0.563. The monoisotopic (exact) mass is 265 g/mol. The van der Waals surface area contributed by atoms with Gasteiger partial charge in [0.25, 0.3) is 0 Å². The smallest absolute Gasteiger partial charge is 0.123 e. The summed E-state index contributed by atoms with van der Waals surface area (Å²) in [4.78, 5) is 0. The summed E-state index contributed by atoms with van der Waals surface area (Å²) in [6.45, 7) is 4.35. The van der Waals surface area contributed by atoms with Gasteiger partial charge in [-0.2, -0.15) is 0 Å². The third-order valence-corrected chi connectivity index (χ3v) is 3.46. The van der Waals surface area contributed by atoms with Crippen LogP contribution in [-0.2, 0) is 6.42 Å². The number of hydrogen-bond donors (Lipinski definition) is 1. The quantitative estimate of drug-likeness (QED) is 0.571. The van der Waals surface area contributed by atoms with Crippen molar-refractivity contribution in [2.24, 2.45) is 0 Å². The van der Waals surface area contributed by atoms with E-state index in [1.807, 2.05) is 12.1 Å². The fourth-order valence-electron chi connectivity index (χ4n) is 2.22. The molecule has 0 unspecified atom stereocenters. The molecular formula is C17H28FN. The summed E-state index contributed by atoms with van der Waals surface area (Å²) >= 11 is 0. The van der Waals surface area contributed by atoms with Crippen molar-refractivity contribution in [3.8, 4) is 0 Å². The molecule has 0 bridgehead atoms. The van der Waals surface area contributed by atoms with Gasteiger partial charge in [-0.1, -0.05) is 57.6 Å². The Bertz CT molecular complexity index is 308. The molecule has 2 heteroatoms. The minimum Gasteiger partial charge on any atom is -0.316 e. The summed E-state index contributed by atoms with van der Waals surface area (Å²) in [7, 11) is 0. The van der Waals surface area contributed by atoms with Crippen LogP contribution in [0.2, 0.25) is 0 Å². The fraction of sp³-hybridized carbons (Fsp3) is 0.647. The number of benzene rings is 1. The van der Waals surface area contributed by atoms with Crippen LogP contribution in [0, 0.1) is 5.82 Å². The molecule has 0 amide bonds. The van der Waals surface area contributed by atoms with E-state index in [9.17, 15) is 4.39 Å². The maximum Gasteiger partial charge on any atom is 0.123 e. The van der Waals surface area contributed by atoms with Crippen LogP contribution in [-0.4, -0.2) is 13.1 Å². The van der Waals surface area contributed by atoms with Crippen molar-refractivity contribution in [2.45, 2.75) is 58.3 Å². The van der Waals surface area contributed by atoms with E-state index in [0.29, 0.717) is 0 Å². The molecule has 1 N–H and O–H groups in total. The van der Waals surface area contributed by atoms with Gasteiger partial charge in [0.1, 0.15) is 5.82 Å². The first-order chi connectivity index (χ1) is 9.33. The standard InChI is InChI=1S/C17H28FN/c1-2-3-4-5-6-7-8-14-19-15-13-16-9-11-17(18)12-10-16/h9-12,19H,2-8,13-15H2,1H3. The van der Waals surface area contributed by atoms with Gasteiger partial charge >= 0.3 is 0 Å². The molecule has 1 nitrogen and oxygen atoms in total. The fourth-order valence-corrected chi connectivity index (χ4v) is 2.22. The van der Waals surface area contributed by atoms with Crippen LogP contribution in [0.4, 0.5) is 4.39 Å². The summed E-state index contributed by atoms with van der Waals surface area (Å²) in [6, 6.07) is 6.80. The second-order valence-corrected chi connectivity index (χ2v) is 5.25. The Morgan fingerprint density at radius 3 is 2.16 bits per heavy atom. The summed E-state index contributed by atoms with van der Waals surface area (Å²) in [5, 5.41) is 3.46. The molecule has 19 heavy (non-hydrogen) atoms. The molecule has 0 atom stereocenters. The zero-order chi connectivity index (χ0) is 13.8. The van der Waals surface area contributed by atoms with E-state index < -0.39 is 0 Å². The van der Waals surface area contributed by atoms with Crippen LogP contribution in [0.5, 0.6) is 0 Å². The van der Waals surface area contributed by atoms with E-state index in [-0.39, 0.29) is 5.82 Å². The SMILES string of the molecule is CCCCCCCCCNCCc1ccc(F)cc1. The van der Waals surface area contributed by atoms with E-state index in [1.54, 1.807) is 0 Å². The van der Waals surface area contributed by atoms with Gasteiger partial charge in [-0.05, 0) is 43.6 Å². The Balaban J connectivity index is 1.87. The Morgan fingerprint density at radius 2 is 1.47 bits per heavy atom. The summed E-state index contributed by atoms with van der Waals surface area (Å²) in [5.41, 5.74) is 1.20. The van der Waals surface area contributed by atoms with Crippen molar-refractivity contribution in [1.82, 2.24) is 5.32 Å². The van der Waals surface area contributed by atoms with Crippen molar-refractivity contribution < 1.29 is 4.39 Å². The Kier molecular flexibility index (Phi) is 9.34. The molecule has 1 aromatic carbocycles. The highest BCUT2D eigenvalue weighted by atomic mass is 19.1. The lowest BCUT2D eigenvalue weighted by Crippen LogP contribution is -2.18. The predicted octanol–water partition coefficient (Wildman–Crippen LogP) is 4.71. The maximum absolute atomic E-state index is 12.7. The Morgan fingerprint density at radius 1 is 0.842 bits per heavy atom. The zero-order valence-electron chi connectivity index (χ0n) is 12.3. The average Bonchev–Trinajstić information content (AvgIpc) is 2.43. The van der Waals surface area contributed by atoms with E-state index in [0.717, 1.165) is 19.5 Å². The molecule has 0 saturated heterocycles. The number of halogens is 1. The summed E-state index contributed by atoms with van der Waals surface area (Å²) in [5.74, 6) is -0.153. The Labute approximate surface area is 117 Å². The summed E-state index contributed by atoms with van der Waals surface area (Å²) < 4.78 is 12.7. The van der Waals surface area contributed by atoms with Gasteiger partial charge in [-0.25, -0.2) is 4.39 Å². The van der Waals surface area contributed by atoms with Crippen LogP contribution >= 0.6 is 0 Å². The van der Waals surface area contributed by atoms with Crippen molar-refractivity contribution in [2.75, 3.05) is 13.1 Å². The molecule has 0 aliphatic rings. The second kappa shape index (κ2) is 11.0. The van der Waals surface area contributed by atoms with Crippen LogP contribution in [0.1, 0.15) is 57.4 Å². The highest BCUT2D eigenvalue weighted by Gasteiger charge is 1.94. The molecule has 1 aromatic rings. The third kappa shape index (κ3) is 8.77.